The molecule has 0 saturated carbocycles. The number of halogens is 1. The van der Waals surface area contributed by atoms with E-state index in [1.54, 1.807) is 53.4 Å². The van der Waals surface area contributed by atoms with Crippen molar-refractivity contribution in [1.29, 1.82) is 0 Å². The highest BCUT2D eigenvalue weighted by atomic mass is 32.2. The van der Waals surface area contributed by atoms with Crippen LogP contribution < -0.4 is 5.32 Å². The zero-order valence-corrected chi connectivity index (χ0v) is 16.7. The maximum atomic E-state index is 13.3. The van der Waals surface area contributed by atoms with Gasteiger partial charge in [0, 0.05) is 24.3 Å². The van der Waals surface area contributed by atoms with Gasteiger partial charge in [0.2, 0.25) is 0 Å². The molecule has 0 unspecified atom stereocenters. The van der Waals surface area contributed by atoms with E-state index in [4.69, 9.17) is 0 Å². The fourth-order valence-electron chi connectivity index (χ4n) is 3.00. The molecule has 4 rings (SSSR count). The Morgan fingerprint density at radius 2 is 1.73 bits per heavy atom. The van der Waals surface area contributed by atoms with Crippen molar-refractivity contribution in [3.05, 3.63) is 90.6 Å². The van der Waals surface area contributed by atoms with Gasteiger partial charge in [-0.05, 0) is 54.6 Å². The molecule has 152 valence electrons. The van der Waals surface area contributed by atoms with Gasteiger partial charge in [-0.2, -0.15) is 5.10 Å². The Kier molecular flexibility index (Phi) is 4.96. The Labute approximate surface area is 172 Å². The number of carbonyl (C=O) groups excluding carboxylic acids is 1. The molecule has 2 aromatic heterocycles. The standard InChI is InChI=1S/C21H17FN4O3S/c1-30(28,29)18-6-4-5-16(13-18)24-20(27)19-14-23-26(17-9-7-15(22)8-10-17)21(19)25-11-2-3-12-25/h2-14H,1H3,(H,24,27). The maximum Gasteiger partial charge on any atom is 0.261 e. The molecule has 0 spiro atoms. The number of aromatic nitrogens is 3. The summed E-state index contributed by atoms with van der Waals surface area (Å²) in [4.78, 5) is 13.1. The van der Waals surface area contributed by atoms with Crippen LogP contribution in [-0.2, 0) is 9.84 Å². The normalized spacial score (nSPS) is 11.4. The maximum absolute atomic E-state index is 13.3. The van der Waals surface area contributed by atoms with E-state index >= 15 is 0 Å². The van der Waals surface area contributed by atoms with Crippen LogP contribution in [0.2, 0.25) is 0 Å². The second-order valence-corrected chi connectivity index (χ2v) is 8.63. The zero-order chi connectivity index (χ0) is 21.3. The molecule has 0 aliphatic heterocycles. The lowest BCUT2D eigenvalue weighted by Crippen LogP contribution is -2.15. The van der Waals surface area contributed by atoms with Crippen LogP contribution in [0.25, 0.3) is 11.5 Å². The van der Waals surface area contributed by atoms with E-state index in [9.17, 15) is 17.6 Å². The Morgan fingerprint density at radius 1 is 1.03 bits per heavy atom. The van der Waals surface area contributed by atoms with Crippen LogP contribution in [0.15, 0.2) is 84.1 Å². The zero-order valence-electron chi connectivity index (χ0n) is 15.9. The van der Waals surface area contributed by atoms with Gasteiger partial charge < -0.3 is 9.88 Å². The predicted molar refractivity (Wildman–Crippen MR) is 110 cm³/mol. The van der Waals surface area contributed by atoms with Crippen LogP contribution in [0, 0.1) is 5.82 Å². The first-order valence-corrected chi connectivity index (χ1v) is 10.8. The SMILES string of the molecule is CS(=O)(=O)c1cccc(NC(=O)c2cnn(-c3ccc(F)cc3)c2-n2cccc2)c1. The molecule has 30 heavy (non-hydrogen) atoms. The van der Waals surface area contributed by atoms with Crippen molar-refractivity contribution < 1.29 is 17.6 Å². The molecular weight excluding hydrogens is 407 g/mol. The Morgan fingerprint density at radius 3 is 2.40 bits per heavy atom. The first kappa shape index (κ1) is 19.6. The molecule has 0 bridgehead atoms. The van der Waals surface area contributed by atoms with Crippen LogP contribution in [0.3, 0.4) is 0 Å². The van der Waals surface area contributed by atoms with Crippen LogP contribution in [0.4, 0.5) is 10.1 Å². The number of amides is 1. The van der Waals surface area contributed by atoms with Crippen molar-refractivity contribution in [3.8, 4) is 11.5 Å². The molecule has 0 saturated heterocycles. The van der Waals surface area contributed by atoms with Gasteiger partial charge in [-0.1, -0.05) is 6.07 Å². The van der Waals surface area contributed by atoms with Crippen LogP contribution in [0.5, 0.6) is 0 Å². The van der Waals surface area contributed by atoms with Gasteiger partial charge in [0.25, 0.3) is 5.91 Å². The number of nitrogens with one attached hydrogen (secondary N) is 1. The van der Waals surface area contributed by atoms with E-state index < -0.39 is 15.7 Å². The number of benzene rings is 2. The molecule has 2 aromatic carbocycles. The van der Waals surface area contributed by atoms with Crippen molar-refractivity contribution in [2.45, 2.75) is 4.90 Å². The van der Waals surface area contributed by atoms with Gasteiger partial charge in [-0.15, -0.1) is 0 Å². The highest BCUT2D eigenvalue weighted by Crippen LogP contribution is 2.22. The summed E-state index contributed by atoms with van der Waals surface area (Å²) in [6.45, 7) is 0. The largest absolute Gasteiger partial charge is 0.322 e. The van der Waals surface area contributed by atoms with Gasteiger partial charge in [0.1, 0.15) is 11.4 Å². The lowest BCUT2D eigenvalue weighted by atomic mass is 10.2. The van der Waals surface area contributed by atoms with E-state index in [0.717, 1.165) is 6.26 Å². The van der Waals surface area contributed by atoms with Crippen molar-refractivity contribution in [3.63, 3.8) is 0 Å². The number of sulfone groups is 1. The van der Waals surface area contributed by atoms with Gasteiger partial charge in [-0.3, -0.25) is 4.79 Å². The van der Waals surface area contributed by atoms with E-state index in [-0.39, 0.29) is 16.3 Å². The lowest BCUT2D eigenvalue weighted by molar-refractivity contribution is 0.102. The first-order valence-electron chi connectivity index (χ1n) is 8.92. The molecule has 0 aliphatic carbocycles. The van der Waals surface area contributed by atoms with Crippen molar-refractivity contribution in [2.24, 2.45) is 0 Å². The van der Waals surface area contributed by atoms with Crippen LogP contribution >= 0.6 is 0 Å². The quantitative estimate of drug-likeness (QED) is 0.532. The molecule has 0 radical (unpaired) electrons. The number of nitrogens with zero attached hydrogens (tertiary/aromatic N) is 3. The Hall–Kier alpha value is -3.72. The summed E-state index contributed by atoms with van der Waals surface area (Å²) in [7, 11) is -3.41. The molecule has 0 atom stereocenters. The second-order valence-electron chi connectivity index (χ2n) is 6.61. The third-order valence-corrected chi connectivity index (χ3v) is 5.54. The van der Waals surface area contributed by atoms with E-state index in [2.05, 4.69) is 10.4 Å². The van der Waals surface area contributed by atoms with Crippen molar-refractivity contribution in [2.75, 3.05) is 11.6 Å². The molecule has 4 aromatic rings. The summed E-state index contributed by atoms with van der Waals surface area (Å²) in [5.74, 6) is -0.377. The van der Waals surface area contributed by atoms with Gasteiger partial charge in [0.15, 0.2) is 15.7 Å². The first-order chi connectivity index (χ1) is 14.3. The molecule has 0 aliphatic rings. The summed E-state index contributed by atoms with van der Waals surface area (Å²) in [5.41, 5.74) is 1.19. The van der Waals surface area contributed by atoms with E-state index in [0.29, 0.717) is 17.2 Å². The lowest BCUT2D eigenvalue weighted by Gasteiger charge is -2.11. The predicted octanol–water partition coefficient (Wildman–Crippen LogP) is 3.46. The molecule has 0 fully saturated rings. The van der Waals surface area contributed by atoms with E-state index in [1.807, 2.05) is 0 Å². The number of anilines is 1. The minimum atomic E-state index is -3.41. The minimum Gasteiger partial charge on any atom is -0.322 e. The van der Waals surface area contributed by atoms with Crippen molar-refractivity contribution in [1.82, 2.24) is 14.3 Å². The summed E-state index contributed by atoms with van der Waals surface area (Å²) in [6.07, 6.45) is 6.04. The third kappa shape index (κ3) is 3.87. The number of rotatable bonds is 5. The third-order valence-electron chi connectivity index (χ3n) is 4.43. The average molecular weight is 424 g/mol. The molecule has 9 heteroatoms. The molecular formula is C21H17FN4O3S. The summed E-state index contributed by atoms with van der Waals surface area (Å²) in [6, 6.07) is 15.4. The van der Waals surface area contributed by atoms with Gasteiger partial charge in [0.05, 0.1) is 16.8 Å². The highest BCUT2D eigenvalue weighted by Gasteiger charge is 2.20. The monoisotopic (exact) mass is 424 g/mol. The van der Waals surface area contributed by atoms with Crippen LogP contribution in [-0.4, -0.2) is 34.9 Å². The molecule has 2 heterocycles. The second kappa shape index (κ2) is 7.60. The topological polar surface area (TPSA) is 86.0 Å². The van der Waals surface area contributed by atoms with Crippen LogP contribution in [0.1, 0.15) is 10.4 Å². The molecule has 7 nitrogen and oxygen atoms in total. The number of carbonyl (C=O) groups is 1. The van der Waals surface area contributed by atoms with Gasteiger partial charge in [-0.25, -0.2) is 17.5 Å². The minimum absolute atomic E-state index is 0.105. The summed E-state index contributed by atoms with van der Waals surface area (Å²) in [5, 5.41) is 7.03. The number of hydrogen-bond acceptors (Lipinski definition) is 4. The molecule has 1 N–H and O–H groups in total. The fourth-order valence-corrected chi connectivity index (χ4v) is 3.67. The van der Waals surface area contributed by atoms with Gasteiger partial charge >= 0.3 is 0 Å². The summed E-state index contributed by atoms with van der Waals surface area (Å²) < 4.78 is 40.1. The smallest absolute Gasteiger partial charge is 0.261 e. The fraction of sp³-hybridized carbons (Fsp3) is 0.0476. The summed E-state index contributed by atoms with van der Waals surface area (Å²) >= 11 is 0. The Bertz CT molecular complexity index is 1310. The molecule has 1 amide bonds. The Balaban J connectivity index is 1.74. The van der Waals surface area contributed by atoms with E-state index in [1.165, 1.54) is 35.1 Å². The number of hydrogen-bond donors (Lipinski definition) is 1. The van der Waals surface area contributed by atoms with Crippen molar-refractivity contribution >= 4 is 21.4 Å². The average Bonchev–Trinajstić information content (AvgIpc) is 3.37. The highest BCUT2D eigenvalue weighted by molar-refractivity contribution is 7.90.